The molecule has 4 rings (SSSR count). The van der Waals surface area contributed by atoms with Crippen LogP contribution >= 0.6 is 11.8 Å². The molecule has 0 saturated heterocycles. The standard InChI is InChI=1S/C21H17FN2S/c22-19-7-9-20(10-8-19)25-21(14-24-12-11-23-15-24)18-6-5-16-3-1-2-4-17(16)13-18/h1-13,15,21H,14H2. The van der Waals surface area contributed by atoms with Gasteiger partial charge in [0, 0.05) is 23.8 Å². The number of hydrogen-bond acceptors (Lipinski definition) is 2. The van der Waals surface area contributed by atoms with Crippen LogP contribution in [0.2, 0.25) is 0 Å². The van der Waals surface area contributed by atoms with Gasteiger partial charge in [-0.2, -0.15) is 0 Å². The van der Waals surface area contributed by atoms with Crippen LogP contribution in [0, 0.1) is 5.82 Å². The second-order valence-corrected chi connectivity index (χ2v) is 7.20. The van der Waals surface area contributed by atoms with Crippen LogP contribution in [0.5, 0.6) is 0 Å². The molecule has 0 N–H and O–H groups in total. The lowest BCUT2D eigenvalue weighted by Crippen LogP contribution is -2.05. The molecular formula is C21H17FN2S. The van der Waals surface area contributed by atoms with Crippen molar-refractivity contribution < 1.29 is 4.39 Å². The molecule has 0 spiro atoms. The van der Waals surface area contributed by atoms with E-state index in [1.807, 2.05) is 24.7 Å². The normalized spacial score (nSPS) is 12.4. The summed E-state index contributed by atoms with van der Waals surface area (Å²) in [5.41, 5.74) is 1.25. The molecule has 0 bridgehead atoms. The van der Waals surface area contributed by atoms with Crippen molar-refractivity contribution in [3.8, 4) is 0 Å². The summed E-state index contributed by atoms with van der Waals surface area (Å²) in [6.45, 7) is 0.806. The van der Waals surface area contributed by atoms with Gasteiger partial charge in [-0.3, -0.25) is 0 Å². The average molecular weight is 348 g/mol. The number of halogens is 1. The molecule has 1 unspecified atom stereocenters. The van der Waals surface area contributed by atoms with Gasteiger partial charge in [-0.25, -0.2) is 9.37 Å². The number of aromatic nitrogens is 2. The van der Waals surface area contributed by atoms with E-state index in [9.17, 15) is 4.39 Å². The van der Waals surface area contributed by atoms with E-state index < -0.39 is 0 Å². The Bertz CT molecular complexity index is 965. The van der Waals surface area contributed by atoms with E-state index >= 15 is 0 Å². The van der Waals surface area contributed by atoms with Gasteiger partial charge in [-0.1, -0.05) is 36.4 Å². The summed E-state index contributed by atoms with van der Waals surface area (Å²) in [5.74, 6) is -0.207. The molecule has 2 nitrogen and oxygen atoms in total. The summed E-state index contributed by atoms with van der Waals surface area (Å²) in [7, 11) is 0. The van der Waals surface area contributed by atoms with Crippen molar-refractivity contribution in [3.63, 3.8) is 0 Å². The third kappa shape index (κ3) is 3.74. The molecule has 0 radical (unpaired) electrons. The SMILES string of the molecule is Fc1ccc(SC(Cn2ccnc2)c2ccc3ccccc3c2)cc1. The third-order valence-corrected chi connectivity index (χ3v) is 5.42. The summed E-state index contributed by atoms with van der Waals surface area (Å²) < 4.78 is 15.3. The number of nitrogens with zero attached hydrogens (tertiary/aromatic N) is 2. The van der Waals surface area contributed by atoms with Gasteiger partial charge in [-0.15, -0.1) is 11.8 Å². The van der Waals surface area contributed by atoms with Crippen LogP contribution in [0.3, 0.4) is 0 Å². The highest BCUT2D eigenvalue weighted by Crippen LogP contribution is 2.37. The fraction of sp³-hybridized carbons (Fsp3) is 0.0952. The van der Waals surface area contributed by atoms with Crippen LogP contribution in [0.1, 0.15) is 10.8 Å². The number of imidazole rings is 1. The number of rotatable bonds is 5. The third-order valence-electron chi connectivity index (χ3n) is 4.17. The van der Waals surface area contributed by atoms with Crippen molar-refractivity contribution >= 4 is 22.5 Å². The van der Waals surface area contributed by atoms with Crippen LogP contribution in [-0.4, -0.2) is 9.55 Å². The van der Waals surface area contributed by atoms with Crippen LogP contribution in [-0.2, 0) is 6.54 Å². The maximum atomic E-state index is 13.2. The molecule has 1 heterocycles. The first kappa shape index (κ1) is 15.9. The number of benzene rings is 3. The highest BCUT2D eigenvalue weighted by molar-refractivity contribution is 7.99. The van der Waals surface area contributed by atoms with Gasteiger partial charge in [0.05, 0.1) is 11.6 Å². The summed E-state index contributed by atoms with van der Waals surface area (Å²) >= 11 is 1.74. The summed E-state index contributed by atoms with van der Waals surface area (Å²) in [4.78, 5) is 5.20. The van der Waals surface area contributed by atoms with Gasteiger partial charge < -0.3 is 4.57 Å². The molecule has 0 aliphatic rings. The lowest BCUT2D eigenvalue weighted by atomic mass is 10.0. The first-order chi connectivity index (χ1) is 12.3. The van der Waals surface area contributed by atoms with Crippen molar-refractivity contribution in [3.05, 3.63) is 96.8 Å². The van der Waals surface area contributed by atoms with Gasteiger partial charge >= 0.3 is 0 Å². The van der Waals surface area contributed by atoms with Crippen molar-refractivity contribution in [1.29, 1.82) is 0 Å². The zero-order valence-electron chi connectivity index (χ0n) is 13.5. The van der Waals surface area contributed by atoms with Crippen molar-refractivity contribution in [2.24, 2.45) is 0 Å². The Labute approximate surface area is 150 Å². The Hall–Kier alpha value is -2.59. The molecule has 4 aromatic rings. The van der Waals surface area contributed by atoms with Crippen LogP contribution in [0.25, 0.3) is 10.8 Å². The van der Waals surface area contributed by atoms with Gasteiger partial charge in [0.25, 0.3) is 0 Å². The maximum Gasteiger partial charge on any atom is 0.123 e. The van der Waals surface area contributed by atoms with Crippen LogP contribution in [0.15, 0.2) is 90.3 Å². The topological polar surface area (TPSA) is 17.8 Å². The molecule has 4 heteroatoms. The van der Waals surface area contributed by atoms with Gasteiger partial charge in [0.15, 0.2) is 0 Å². The zero-order chi connectivity index (χ0) is 17.1. The number of fused-ring (bicyclic) bond motifs is 1. The van der Waals surface area contributed by atoms with Crippen molar-refractivity contribution in [2.45, 2.75) is 16.7 Å². The van der Waals surface area contributed by atoms with E-state index in [-0.39, 0.29) is 11.1 Å². The average Bonchev–Trinajstić information content (AvgIpc) is 3.16. The fourth-order valence-electron chi connectivity index (χ4n) is 2.88. The van der Waals surface area contributed by atoms with E-state index in [1.165, 1.54) is 28.5 Å². The smallest absolute Gasteiger partial charge is 0.123 e. The monoisotopic (exact) mass is 348 g/mol. The number of hydrogen-bond donors (Lipinski definition) is 0. The molecule has 0 amide bonds. The maximum absolute atomic E-state index is 13.2. The van der Waals surface area contributed by atoms with E-state index in [1.54, 1.807) is 18.0 Å². The lowest BCUT2D eigenvalue weighted by Gasteiger charge is -2.18. The zero-order valence-corrected chi connectivity index (χ0v) is 14.4. The second-order valence-electron chi connectivity index (χ2n) is 5.93. The molecule has 0 fully saturated rings. The van der Waals surface area contributed by atoms with Crippen LogP contribution in [0.4, 0.5) is 4.39 Å². The van der Waals surface area contributed by atoms with Gasteiger partial charge in [0.2, 0.25) is 0 Å². The Kier molecular flexibility index (Phi) is 4.53. The minimum Gasteiger partial charge on any atom is -0.336 e. The predicted molar refractivity (Wildman–Crippen MR) is 101 cm³/mol. The van der Waals surface area contributed by atoms with E-state index in [0.29, 0.717) is 0 Å². The molecule has 3 aromatic carbocycles. The number of thioether (sulfide) groups is 1. The highest BCUT2D eigenvalue weighted by Gasteiger charge is 2.15. The first-order valence-corrected chi connectivity index (χ1v) is 9.02. The molecule has 1 atom stereocenters. The van der Waals surface area contributed by atoms with Crippen molar-refractivity contribution in [2.75, 3.05) is 0 Å². The lowest BCUT2D eigenvalue weighted by molar-refractivity contribution is 0.626. The Balaban J connectivity index is 1.68. The van der Waals surface area contributed by atoms with Gasteiger partial charge in [-0.05, 0) is 46.7 Å². The summed E-state index contributed by atoms with van der Waals surface area (Å²) in [6.07, 6.45) is 5.60. The minimum atomic E-state index is -0.207. The first-order valence-electron chi connectivity index (χ1n) is 8.14. The largest absolute Gasteiger partial charge is 0.336 e. The quantitative estimate of drug-likeness (QED) is 0.430. The van der Waals surface area contributed by atoms with E-state index in [4.69, 9.17) is 0 Å². The summed E-state index contributed by atoms with van der Waals surface area (Å²) in [5, 5.41) is 2.68. The molecule has 0 saturated carbocycles. The van der Waals surface area contributed by atoms with Crippen LogP contribution < -0.4 is 0 Å². The molecule has 1 aromatic heterocycles. The fourth-order valence-corrected chi connectivity index (χ4v) is 4.03. The molecule has 25 heavy (non-hydrogen) atoms. The summed E-state index contributed by atoms with van der Waals surface area (Å²) in [6, 6.07) is 21.7. The minimum absolute atomic E-state index is 0.207. The Morgan fingerprint density at radius 1 is 0.960 bits per heavy atom. The molecule has 124 valence electrons. The predicted octanol–water partition coefficient (Wildman–Crippen LogP) is 5.71. The van der Waals surface area contributed by atoms with Gasteiger partial charge in [0.1, 0.15) is 5.82 Å². The Morgan fingerprint density at radius 3 is 2.52 bits per heavy atom. The van der Waals surface area contributed by atoms with Crippen molar-refractivity contribution in [1.82, 2.24) is 9.55 Å². The van der Waals surface area contributed by atoms with E-state index in [2.05, 4.69) is 52.0 Å². The highest BCUT2D eigenvalue weighted by atomic mass is 32.2. The molecule has 0 aliphatic heterocycles. The Morgan fingerprint density at radius 2 is 1.76 bits per heavy atom. The molecular weight excluding hydrogens is 331 g/mol. The molecule has 0 aliphatic carbocycles. The van der Waals surface area contributed by atoms with E-state index in [0.717, 1.165) is 11.4 Å². The second kappa shape index (κ2) is 7.11.